The van der Waals surface area contributed by atoms with Gasteiger partial charge in [-0.05, 0) is 50.5 Å². The fourth-order valence-electron chi connectivity index (χ4n) is 2.28. The number of hydrogen-bond donors (Lipinski definition) is 0. The summed E-state index contributed by atoms with van der Waals surface area (Å²) in [5.41, 5.74) is 0. The van der Waals surface area contributed by atoms with Gasteiger partial charge in [0.1, 0.15) is 11.5 Å². The normalized spacial score (nSPS) is 11.4. The molecule has 116 valence electrons. The van der Waals surface area contributed by atoms with E-state index in [0.717, 1.165) is 42.3 Å². The highest BCUT2D eigenvalue weighted by Crippen LogP contribution is 2.21. The minimum atomic E-state index is 0.685. The van der Waals surface area contributed by atoms with Crippen LogP contribution in [0.3, 0.4) is 0 Å². The van der Waals surface area contributed by atoms with Gasteiger partial charge in [-0.1, -0.05) is 11.2 Å². The summed E-state index contributed by atoms with van der Waals surface area (Å²) in [6.07, 6.45) is 1.77. The lowest BCUT2D eigenvalue weighted by Crippen LogP contribution is -2.19. The molecule has 0 N–H and O–H groups in total. The predicted molar refractivity (Wildman–Crippen MR) is 85.7 cm³/mol. The molecule has 3 aromatic heterocycles. The van der Waals surface area contributed by atoms with Crippen LogP contribution in [0.15, 0.2) is 38.6 Å². The Morgan fingerprint density at radius 3 is 2.91 bits per heavy atom. The molecule has 6 heteroatoms. The molecule has 0 bridgehead atoms. The third-order valence-corrected chi connectivity index (χ3v) is 4.23. The van der Waals surface area contributed by atoms with E-state index in [9.17, 15) is 0 Å². The van der Waals surface area contributed by atoms with Crippen molar-refractivity contribution in [2.75, 3.05) is 13.6 Å². The molecule has 0 atom stereocenters. The highest BCUT2D eigenvalue weighted by Gasteiger charge is 2.10. The van der Waals surface area contributed by atoms with Crippen LogP contribution in [0.1, 0.15) is 23.8 Å². The second-order valence-corrected chi connectivity index (χ2v) is 6.29. The summed E-state index contributed by atoms with van der Waals surface area (Å²) >= 11 is 1.62. The zero-order valence-electron chi connectivity index (χ0n) is 12.8. The van der Waals surface area contributed by atoms with Crippen LogP contribution in [0.5, 0.6) is 0 Å². The van der Waals surface area contributed by atoms with E-state index in [-0.39, 0.29) is 0 Å². The quantitative estimate of drug-likeness (QED) is 0.664. The second-order valence-electron chi connectivity index (χ2n) is 5.34. The molecule has 0 spiro atoms. The second kappa shape index (κ2) is 6.89. The summed E-state index contributed by atoms with van der Waals surface area (Å²) in [4.78, 5) is 7.71. The molecular weight excluding hydrogens is 298 g/mol. The Morgan fingerprint density at radius 1 is 1.27 bits per heavy atom. The molecule has 0 amide bonds. The molecule has 3 heterocycles. The van der Waals surface area contributed by atoms with Crippen LogP contribution in [0, 0.1) is 6.92 Å². The summed E-state index contributed by atoms with van der Waals surface area (Å²) in [6, 6.07) is 8.00. The van der Waals surface area contributed by atoms with Crippen molar-refractivity contribution in [2.24, 2.45) is 0 Å². The van der Waals surface area contributed by atoms with Crippen LogP contribution in [-0.2, 0) is 13.0 Å². The first kappa shape index (κ1) is 15.0. The molecule has 0 aliphatic rings. The van der Waals surface area contributed by atoms with Gasteiger partial charge in [-0.3, -0.25) is 4.90 Å². The summed E-state index contributed by atoms with van der Waals surface area (Å²) < 4.78 is 10.9. The highest BCUT2D eigenvalue weighted by atomic mass is 32.1. The number of aryl methyl sites for hydroxylation is 2. The Labute approximate surface area is 133 Å². The molecule has 0 fully saturated rings. The van der Waals surface area contributed by atoms with Gasteiger partial charge in [-0.25, -0.2) is 0 Å². The first-order valence-corrected chi connectivity index (χ1v) is 8.19. The molecule has 3 rings (SSSR count). The average molecular weight is 317 g/mol. The summed E-state index contributed by atoms with van der Waals surface area (Å²) in [5, 5.41) is 6.03. The third kappa shape index (κ3) is 3.84. The standard InChI is InChI=1S/C16H19N3O2S/c1-12-7-8-13(20-12)11-19(2)9-3-6-15-17-16(18-21-15)14-5-4-10-22-14/h4-5,7-8,10H,3,6,9,11H2,1-2H3. The van der Waals surface area contributed by atoms with E-state index in [1.165, 1.54) is 0 Å². The number of hydrogen-bond acceptors (Lipinski definition) is 6. The number of nitrogens with zero attached hydrogens (tertiary/aromatic N) is 3. The lowest BCUT2D eigenvalue weighted by Gasteiger charge is -2.13. The third-order valence-electron chi connectivity index (χ3n) is 3.36. The molecule has 0 aliphatic carbocycles. The van der Waals surface area contributed by atoms with E-state index in [4.69, 9.17) is 8.94 Å². The minimum absolute atomic E-state index is 0.685. The van der Waals surface area contributed by atoms with Crippen molar-refractivity contribution in [3.63, 3.8) is 0 Å². The van der Waals surface area contributed by atoms with E-state index in [0.29, 0.717) is 11.7 Å². The molecule has 0 unspecified atom stereocenters. The molecule has 0 aromatic carbocycles. The topological polar surface area (TPSA) is 55.3 Å². The monoisotopic (exact) mass is 317 g/mol. The summed E-state index contributed by atoms with van der Waals surface area (Å²) in [5.74, 6) is 3.34. The summed E-state index contributed by atoms with van der Waals surface area (Å²) in [6.45, 7) is 3.73. The van der Waals surface area contributed by atoms with Gasteiger partial charge in [0.05, 0.1) is 11.4 Å². The Bertz CT molecular complexity index is 703. The van der Waals surface area contributed by atoms with Crippen LogP contribution in [0.25, 0.3) is 10.7 Å². The van der Waals surface area contributed by atoms with E-state index in [1.54, 1.807) is 11.3 Å². The largest absolute Gasteiger partial charge is 0.465 e. The lowest BCUT2D eigenvalue weighted by atomic mass is 10.3. The van der Waals surface area contributed by atoms with Crippen LogP contribution >= 0.6 is 11.3 Å². The van der Waals surface area contributed by atoms with Gasteiger partial charge in [0.2, 0.25) is 11.7 Å². The molecular formula is C16H19N3O2S. The van der Waals surface area contributed by atoms with Crippen molar-refractivity contribution < 1.29 is 8.94 Å². The van der Waals surface area contributed by atoms with Crippen molar-refractivity contribution >= 4 is 11.3 Å². The molecule has 0 radical (unpaired) electrons. The first-order valence-electron chi connectivity index (χ1n) is 7.31. The molecule has 0 saturated carbocycles. The van der Waals surface area contributed by atoms with Gasteiger partial charge in [0, 0.05) is 6.42 Å². The molecule has 3 aromatic rings. The fourth-order valence-corrected chi connectivity index (χ4v) is 2.93. The van der Waals surface area contributed by atoms with Crippen LogP contribution in [0.2, 0.25) is 0 Å². The maximum absolute atomic E-state index is 5.58. The summed E-state index contributed by atoms with van der Waals surface area (Å²) in [7, 11) is 2.09. The molecule has 0 aliphatic heterocycles. The van der Waals surface area contributed by atoms with Crippen molar-refractivity contribution in [2.45, 2.75) is 26.3 Å². The van der Waals surface area contributed by atoms with E-state index >= 15 is 0 Å². The number of aromatic nitrogens is 2. The highest BCUT2D eigenvalue weighted by molar-refractivity contribution is 7.13. The van der Waals surface area contributed by atoms with Crippen LogP contribution in [0.4, 0.5) is 0 Å². The van der Waals surface area contributed by atoms with Crippen molar-refractivity contribution in [3.05, 3.63) is 47.1 Å². The molecule has 5 nitrogen and oxygen atoms in total. The maximum atomic E-state index is 5.58. The SMILES string of the molecule is Cc1ccc(CN(C)CCCc2nc(-c3cccs3)no2)o1. The Hall–Kier alpha value is -1.92. The van der Waals surface area contributed by atoms with E-state index in [1.807, 2.05) is 36.6 Å². The predicted octanol–water partition coefficient (Wildman–Crippen LogP) is 3.76. The van der Waals surface area contributed by atoms with Crippen molar-refractivity contribution in [1.82, 2.24) is 15.0 Å². The number of rotatable bonds is 7. The van der Waals surface area contributed by atoms with Gasteiger partial charge >= 0.3 is 0 Å². The smallest absolute Gasteiger partial charge is 0.227 e. The average Bonchev–Trinajstić information content (AvgIpc) is 3.20. The zero-order chi connectivity index (χ0) is 15.4. The van der Waals surface area contributed by atoms with Crippen LogP contribution < -0.4 is 0 Å². The number of thiophene rings is 1. The van der Waals surface area contributed by atoms with Gasteiger partial charge in [0.25, 0.3) is 0 Å². The number of furan rings is 1. The van der Waals surface area contributed by atoms with E-state index < -0.39 is 0 Å². The van der Waals surface area contributed by atoms with E-state index in [2.05, 4.69) is 22.1 Å². The first-order chi connectivity index (χ1) is 10.7. The minimum Gasteiger partial charge on any atom is -0.465 e. The van der Waals surface area contributed by atoms with Crippen molar-refractivity contribution in [3.8, 4) is 10.7 Å². The Morgan fingerprint density at radius 2 is 2.18 bits per heavy atom. The molecule has 0 saturated heterocycles. The van der Waals surface area contributed by atoms with Gasteiger partial charge in [-0.2, -0.15) is 4.98 Å². The van der Waals surface area contributed by atoms with Crippen molar-refractivity contribution in [1.29, 1.82) is 0 Å². The Kier molecular flexibility index (Phi) is 4.70. The van der Waals surface area contributed by atoms with Crippen LogP contribution in [-0.4, -0.2) is 28.6 Å². The maximum Gasteiger partial charge on any atom is 0.227 e. The zero-order valence-corrected chi connectivity index (χ0v) is 13.6. The van der Waals surface area contributed by atoms with Gasteiger partial charge in [-0.15, -0.1) is 11.3 Å². The van der Waals surface area contributed by atoms with Gasteiger partial charge in [0.15, 0.2) is 0 Å². The van der Waals surface area contributed by atoms with Gasteiger partial charge < -0.3 is 8.94 Å². The Balaban J connectivity index is 1.45. The lowest BCUT2D eigenvalue weighted by molar-refractivity contribution is 0.283. The molecule has 22 heavy (non-hydrogen) atoms. The fraction of sp³-hybridized carbons (Fsp3) is 0.375.